The summed E-state index contributed by atoms with van der Waals surface area (Å²) in [5.74, 6) is 0.0596. The molecule has 1 aromatic rings. The molecule has 110 valence electrons. The van der Waals surface area contributed by atoms with Crippen molar-refractivity contribution in [3.63, 3.8) is 0 Å². The fourth-order valence-corrected chi connectivity index (χ4v) is 2.14. The van der Waals surface area contributed by atoms with Crippen molar-refractivity contribution in [3.05, 3.63) is 29.8 Å². The Morgan fingerprint density at radius 3 is 2.70 bits per heavy atom. The van der Waals surface area contributed by atoms with Gasteiger partial charge in [0.25, 0.3) is 0 Å². The molecule has 1 amide bonds. The molecule has 1 fully saturated rings. The zero-order valence-electron chi connectivity index (χ0n) is 12.0. The standard InChI is InChI=1S/C15H23N3O2/c1-20-9-8-17-15(19)11-18(14-6-7-14)10-12-2-4-13(16)5-3-12/h2-5,14H,6-11,16H2,1H3,(H,17,19). The summed E-state index contributed by atoms with van der Waals surface area (Å²) in [6.45, 7) is 2.35. The van der Waals surface area contributed by atoms with Crippen LogP contribution in [0.3, 0.4) is 0 Å². The van der Waals surface area contributed by atoms with Gasteiger partial charge in [0.15, 0.2) is 0 Å². The second-order valence-electron chi connectivity index (χ2n) is 5.22. The van der Waals surface area contributed by atoms with Gasteiger partial charge in [0, 0.05) is 31.9 Å². The lowest BCUT2D eigenvalue weighted by molar-refractivity contribution is -0.122. The molecule has 0 radical (unpaired) electrons. The third-order valence-electron chi connectivity index (χ3n) is 3.40. The second-order valence-corrected chi connectivity index (χ2v) is 5.22. The number of ether oxygens (including phenoxy) is 1. The van der Waals surface area contributed by atoms with Crippen molar-refractivity contribution in [2.75, 3.05) is 32.5 Å². The maximum atomic E-state index is 11.9. The molecule has 0 saturated heterocycles. The van der Waals surface area contributed by atoms with E-state index in [-0.39, 0.29) is 5.91 Å². The number of nitrogen functional groups attached to an aromatic ring is 1. The number of hydrogen-bond acceptors (Lipinski definition) is 4. The van der Waals surface area contributed by atoms with Crippen molar-refractivity contribution < 1.29 is 9.53 Å². The van der Waals surface area contributed by atoms with Gasteiger partial charge in [-0.1, -0.05) is 12.1 Å². The summed E-state index contributed by atoms with van der Waals surface area (Å²) in [4.78, 5) is 14.1. The van der Waals surface area contributed by atoms with Gasteiger partial charge in [-0.05, 0) is 30.5 Å². The maximum Gasteiger partial charge on any atom is 0.234 e. The highest BCUT2D eigenvalue weighted by Crippen LogP contribution is 2.28. The third kappa shape index (κ3) is 4.83. The zero-order valence-corrected chi connectivity index (χ0v) is 12.0. The number of hydrogen-bond donors (Lipinski definition) is 2. The number of nitrogens with two attached hydrogens (primary N) is 1. The van der Waals surface area contributed by atoms with Gasteiger partial charge in [-0.3, -0.25) is 9.69 Å². The number of amides is 1. The van der Waals surface area contributed by atoms with Crippen molar-refractivity contribution in [1.82, 2.24) is 10.2 Å². The first-order valence-electron chi connectivity index (χ1n) is 7.03. The summed E-state index contributed by atoms with van der Waals surface area (Å²) < 4.78 is 4.92. The van der Waals surface area contributed by atoms with E-state index in [1.54, 1.807) is 7.11 Å². The van der Waals surface area contributed by atoms with Gasteiger partial charge in [-0.25, -0.2) is 0 Å². The summed E-state index contributed by atoms with van der Waals surface area (Å²) in [6.07, 6.45) is 2.36. The predicted molar refractivity (Wildman–Crippen MR) is 79.2 cm³/mol. The molecule has 0 bridgehead atoms. The minimum absolute atomic E-state index is 0.0596. The molecule has 0 unspecified atom stereocenters. The van der Waals surface area contributed by atoms with E-state index in [9.17, 15) is 4.79 Å². The molecule has 0 aliphatic heterocycles. The molecule has 0 aromatic heterocycles. The van der Waals surface area contributed by atoms with Crippen LogP contribution in [0.1, 0.15) is 18.4 Å². The molecule has 5 heteroatoms. The van der Waals surface area contributed by atoms with Crippen LogP contribution in [0.2, 0.25) is 0 Å². The van der Waals surface area contributed by atoms with Gasteiger partial charge in [0.05, 0.1) is 13.2 Å². The number of anilines is 1. The smallest absolute Gasteiger partial charge is 0.234 e. The molecule has 1 aliphatic rings. The molecule has 2 rings (SSSR count). The van der Waals surface area contributed by atoms with Crippen LogP contribution in [0.25, 0.3) is 0 Å². The summed E-state index contributed by atoms with van der Waals surface area (Å²) in [7, 11) is 1.63. The lowest BCUT2D eigenvalue weighted by Crippen LogP contribution is -2.39. The SMILES string of the molecule is COCCNC(=O)CN(Cc1ccc(N)cc1)C1CC1. The van der Waals surface area contributed by atoms with E-state index in [1.807, 2.05) is 24.3 Å². The van der Waals surface area contributed by atoms with E-state index in [4.69, 9.17) is 10.5 Å². The van der Waals surface area contributed by atoms with Crippen molar-refractivity contribution in [2.45, 2.75) is 25.4 Å². The Hall–Kier alpha value is -1.59. The first-order valence-corrected chi connectivity index (χ1v) is 7.03. The number of methoxy groups -OCH3 is 1. The quantitative estimate of drug-likeness (QED) is 0.549. The normalized spacial score (nSPS) is 14.5. The first kappa shape index (κ1) is 14.8. The Kier molecular flexibility index (Phi) is 5.38. The highest BCUT2D eigenvalue weighted by atomic mass is 16.5. The Morgan fingerprint density at radius 2 is 2.10 bits per heavy atom. The lowest BCUT2D eigenvalue weighted by Gasteiger charge is -2.21. The van der Waals surface area contributed by atoms with Gasteiger partial charge in [0.1, 0.15) is 0 Å². The largest absolute Gasteiger partial charge is 0.399 e. The van der Waals surface area contributed by atoms with E-state index in [2.05, 4.69) is 10.2 Å². The fraction of sp³-hybridized carbons (Fsp3) is 0.533. The molecular formula is C15H23N3O2. The Morgan fingerprint density at radius 1 is 1.40 bits per heavy atom. The van der Waals surface area contributed by atoms with Crippen LogP contribution in [0.4, 0.5) is 5.69 Å². The molecule has 0 spiro atoms. The number of benzene rings is 1. The van der Waals surface area contributed by atoms with Gasteiger partial charge >= 0.3 is 0 Å². The highest BCUT2D eigenvalue weighted by Gasteiger charge is 2.30. The lowest BCUT2D eigenvalue weighted by atomic mass is 10.2. The van der Waals surface area contributed by atoms with Crippen LogP contribution in [-0.2, 0) is 16.1 Å². The van der Waals surface area contributed by atoms with Crippen LogP contribution in [0.15, 0.2) is 24.3 Å². The number of carbonyl (C=O) groups excluding carboxylic acids is 1. The van der Waals surface area contributed by atoms with Gasteiger partial charge < -0.3 is 15.8 Å². The van der Waals surface area contributed by atoms with Crippen molar-refractivity contribution in [1.29, 1.82) is 0 Å². The Balaban J connectivity index is 1.84. The molecule has 20 heavy (non-hydrogen) atoms. The topological polar surface area (TPSA) is 67.6 Å². The van der Waals surface area contributed by atoms with Crippen LogP contribution in [0, 0.1) is 0 Å². The van der Waals surface area contributed by atoms with E-state index < -0.39 is 0 Å². The molecule has 5 nitrogen and oxygen atoms in total. The average Bonchev–Trinajstić information content (AvgIpc) is 3.25. The minimum atomic E-state index is 0.0596. The summed E-state index contributed by atoms with van der Waals surface area (Å²) >= 11 is 0. The van der Waals surface area contributed by atoms with Crippen molar-refractivity contribution in [2.24, 2.45) is 0 Å². The number of carbonyl (C=O) groups is 1. The second kappa shape index (κ2) is 7.26. The predicted octanol–water partition coefficient (Wildman–Crippen LogP) is 0.996. The Bertz CT molecular complexity index is 429. The summed E-state index contributed by atoms with van der Waals surface area (Å²) in [5.41, 5.74) is 7.65. The van der Waals surface area contributed by atoms with Gasteiger partial charge in [0.2, 0.25) is 5.91 Å². The van der Waals surface area contributed by atoms with Crippen LogP contribution in [0.5, 0.6) is 0 Å². The molecule has 0 atom stereocenters. The molecule has 0 heterocycles. The van der Waals surface area contributed by atoms with Crippen LogP contribution in [-0.4, -0.2) is 43.7 Å². The molecular weight excluding hydrogens is 254 g/mol. The number of rotatable bonds is 8. The molecule has 1 aromatic carbocycles. The van der Waals surface area contributed by atoms with Crippen molar-refractivity contribution >= 4 is 11.6 Å². The highest BCUT2D eigenvalue weighted by molar-refractivity contribution is 5.78. The number of nitrogens with one attached hydrogen (secondary N) is 1. The summed E-state index contributed by atoms with van der Waals surface area (Å²) in [5, 5.41) is 2.87. The van der Waals surface area contributed by atoms with E-state index >= 15 is 0 Å². The van der Waals surface area contributed by atoms with Crippen LogP contribution >= 0.6 is 0 Å². The fourth-order valence-electron chi connectivity index (χ4n) is 2.14. The molecule has 3 N–H and O–H groups in total. The van der Waals surface area contributed by atoms with E-state index in [0.717, 1.165) is 12.2 Å². The number of nitrogens with zero attached hydrogens (tertiary/aromatic N) is 1. The average molecular weight is 277 g/mol. The maximum absolute atomic E-state index is 11.9. The van der Waals surface area contributed by atoms with Gasteiger partial charge in [-0.15, -0.1) is 0 Å². The summed E-state index contributed by atoms with van der Waals surface area (Å²) in [6, 6.07) is 8.39. The molecule has 1 saturated carbocycles. The third-order valence-corrected chi connectivity index (χ3v) is 3.40. The minimum Gasteiger partial charge on any atom is -0.399 e. The Labute approximate surface area is 120 Å². The zero-order chi connectivity index (χ0) is 14.4. The van der Waals surface area contributed by atoms with Crippen molar-refractivity contribution in [3.8, 4) is 0 Å². The monoisotopic (exact) mass is 277 g/mol. The van der Waals surface area contributed by atoms with E-state index in [1.165, 1.54) is 18.4 Å². The molecule has 1 aliphatic carbocycles. The van der Waals surface area contributed by atoms with E-state index in [0.29, 0.717) is 25.7 Å². The first-order chi connectivity index (χ1) is 9.69. The van der Waals surface area contributed by atoms with Crippen LogP contribution < -0.4 is 11.1 Å². The van der Waals surface area contributed by atoms with Gasteiger partial charge in [-0.2, -0.15) is 0 Å².